The maximum Gasteiger partial charge on any atom is 0.319 e. The van der Waals surface area contributed by atoms with Gasteiger partial charge in [-0.05, 0) is 42.5 Å². The number of amides is 3. The number of nitro groups is 1. The standard InChI is InChI=1S/C19H16N4O5/c24-18(16-5-1-2-6-17(16)23(26)27)21-13-7-9-14(10-8-13)22-19(25)20-12-15-4-3-11-28-15/h1-11H,12H2,(H,21,24)(H2,20,22,25). The van der Waals surface area contributed by atoms with E-state index in [2.05, 4.69) is 16.0 Å². The molecule has 2 aromatic carbocycles. The number of hydrogen-bond donors (Lipinski definition) is 3. The number of nitrogens with one attached hydrogen (secondary N) is 3. The van der Waals surface area contributed by atoms with Crippen LogP contribution < -0.4 is 16.0 Å². The number of rotatable bonds is 6. The van der Waals surface area contributed by atoms with Crippen molar-refractivity contribution in [1.82, 2.24) is 5.32 Å². The lowest BCUT2D eigenvalue weighted by Gasteiger charge is -2.09. The molecule has 0 saturated carbocycles. The van der Waals surface area contributed by atoms with Gasteiger partial charge in [0.15, 0.2) is 0 Å². The third-order valence-corrected chi connectivity index (χ3v) is 3.75. The predicted molar refractivity (Wildman–Crippen MR) is 102 cm³/mol. The van der Waals surface area contributed by atoms with Crippen molar-refractivity contribution >= 4 is 29.0 Å². The van der Waals surface area contributed by atoms with Gasteiger partial charge in [-0.2, -0.15) is 0 Å². The van der Waals surface area contributed by atoms with Crippen LogP contribution in [0.4, 0.5) is 21.9 Å². The van der Waals surface area contributed by atoms with Gasteiger partial charge in [0.05, 0.1) is 17.7 Å². The van der Waals surface area contributed by atoms with Crippen LogP contribution in [0.3, 0.4) is 0 Å². The fourth-order valence-corrected chi connectivity index (χ4v) is 2.42. The summed E-state index contributed by atoms with van der Waals surface area (Å²) in [5.74, 6) is 0.0346. The van der Waals surface area contributed by atoms with E-state index in [-0.39, 0.29) is 17.8 Å². The second kappa shape index (κ2) is 8.49. The van der Waals surface area contributed by atoms with Gasteiger partial charge in [0, 0.05) is 17.4 Å². The second-order valence-electron chi connectivity index (χ2n) is 5.69. The van der Waals surface area contributed by atoms with Crippen molar-refractivity contribution < 1.29 is 18.9 Å². The Kier molecular flexibility index (Phi) is 5.66. The predicted octanol–water partition coefficient (Wildman–Crippen LogP) is 3.76. The Labute approximate surface area is 159 Å². The Balaban J connectivity index is 1.58. The molecule has 142 valence electrons. The van der Waals surface area contributed by atoms with E-state index in [0.29, 0.717) is 17.1 Å². The van der Waals surface area contributed by atoms with Crippen LogP contribution in [0.15, 0.2) is 71.3 Å². The maximum atomic E-state index is 12.3. The number of furan rings is 1. The number of nitrogens with zero attached hydrogens (tertiary/aromatic N) is 1. The molecule has 1 heterocycles. The van der Waals surface area contributed by atoms with Crippen molar-refractivity contribution in [3.63, 3.8) is 0 Å². The van der Waals surface area contributed by atoms with Gasteiger partial charge >= 0.3 is 6.03 Å². The average Bonchev–Trinajstić information content (AvgIpc) is 3.21. The van der Waals surface area contributed by atoms with Gasteiger partial charge in [0.25, 0.3) is 11.6 Å². The molecule has 9 nitrogen and oxygen atoms in total. The zero-order valence-corrected chi connectivity index (χ0v) is 14.5. The number of anilines is 2. The molecule has 0 bridgehead atoms. The van der Waals surface area contributed by atoms with Crippen LogP contribution in [0.2, 0.25) is 0 Å². The Hall–Kier alpha value is -4.14. The molecular weight excluding hydrogens is 364 g/mol. The molecule has 0 atom stereocenters. The van der Waals surface area contributed by atoms with Crippen LogP contribution in [0, 0.1) is 10.1 Å². The summed E-state index contributed by atoms with van der Waals surface area (Å²) in [6, 6.07) is 15.1. The highest BCUT2D eigenvalue weighted by atomic mass is 16.6. The summed E-state index contributed by atoms with van der Waals surface area (Å²) >= 11 is 0. The van der Waals surface area contributed by atoms with Crippen molar-refractivity contribution in [2.45, 2.75) is 6.54 Å². The molecule has 3 rings (SSSR count). The minimum Gasteiger partial charge on any atom is -0.467 e. The normalized spacial score (nSPS) is 10.1. The third kappa shape index (κ3) is 4.73. The van der Waals surface area contributed by atoms with Crippen molar-refractivity contribution in [2.75, 3.05) is 10.6 Å². The fourth-order valence-electron chi connectivity index (χ4n) is 2.42. The monoisotopic (exact) mass is 380 g/mol. The Morgan fingerprint density at radius 1 is 0.929 bits per heavy atom. The lowest BCUT2D eigenvalue weighted by molar-refractivity contribution is -0.385. The molecule has 1 aromatic heterocycles. The fraction of sp³-hybridized carbons (Fsp3) is 0.0526. The van der Waals surface area contributed by atoms with Crippen molar-refractivity contribution in [2.24, 2.45) is 0 Å². The number of urea groups is 1. The Bertz CT molecular complexity index is 984. The molecule has 3 aromatic rings. The first-order chi connectivity index (χ1) is 13.5. The summed E-state index contributed by atoms with van der Waals surface area (Å²) in [5.41, 5.74) is 0.642. The number of carbonyl (C=O) groups excluding carboxylic acids is 2. The van der Waals surface area contributed by atoms with E-state index in [1.165, 1.54) is 24.5 Å². The Morgan fingerprint density at radius 2 is 1.61 bits per heavy atom. The van der Waals surface area contributed by atoms with E-state index in [4.69, 9.17) is 4.42 Å². The van der Waals surface area contributed by atoms with E-state index >= 15 is 0 Å². The maximum absolute atomic E-state index is 12.3. The third-order valence-electron chi connectivity index (χ3n) is 3.75. The van der Waals surface area contributed by atoms with E-state index in [1.54, 1.807) is 42.5 Å². The molecule has 3 N–H and O–H groups in total. The van der Waals surface area contributed by atoms with Crippen LogP contribution in [0.1, 0.15) is 16.1 Å². The van der Waals surface area contributed by atoms with Crippen molar-refractivity contribution in [3.8, 4) is 0 Å². The van der Waals surface area contributed by atoms with E-state index in [9.17, 15) is 19.7 Å². The van der Waals surface area contributed by atoms with E-state index in [0.717, 1.165) is 0 Å². The molecule has 0 spiro atoms. The first-order valence-electron chi connectivity index (χ1n) is 8.25. The van der Waals surface area contributed by atoms with Crippen LogP contribution in [0.25, 0.3) is 0 Å². The summed E-state index contributed by atoms with van der Waals surface area (Å²) in [4.78, 5) is 34.6. The molecule has 0 aliphatic carbocycles. The van der Waals surface area contributed by atoms with Crippen LogP contribution in [0.5, 0.6) is 0 Å². The highest BCUT2D eigenvalue weighted by Crippen LogP contribution is 2.20. The molecule has 3 amide bonds. The van der Waals surface area contributed by atoms with Gasteiger partial charge in [0.1, 0.15) is 11.3 Å². The van der Waals surface area contributed by atoms with Crippen molar-refractivity contribution in [3.05, 3.63) is 88.4 Å². The molecular formula is C19H16N4O5. The van der Waals surface area contributed by atoms with E-state index < -0.39 is 16.9 Å². The largest absolute Gasteiger partial charge is 0.467 e. The highest BCUT2D eigenvalue weighted by Gasteiger charge is 2.19. The summed E-state index contributed by atoms with van der Waals surface area (Å²) in [5, 5.41) is 18.9. The summed E-state index contributed by atoms with van der Waals surface area (Å²) in [6.45, 7) is 0.253. The second-order valence-corrected chi connectivity index (χ2v) is 5.69. The number of para-hydroxylation sites is 1. The van der Waals surface area contributed by atoms with Gasteiger partial charge in [0.2, 0.25) is 0 Å². The number of hydrogen-bond acceptors (Lipinski definition) is 5. The lowest BCUT2D eigenvalue weighted by Crippen LogP contribution is -2.27. The molecule has 0 saturated heterocycles. The highest BCUT2D eigenvalue weighted by molar-refractivity contribution is 6.07. The number of benzene rings is 2. The van der Waals surface area contributed by atoms with Crippen LogP contribution in [-0.4, -0.2) is 16.9 Å². The van der Waals surface area contributed by atoms with Gasteiger partial charge in [-0.25, -0.2) is 4.79 Å². The van der Waals surface area contributed by atoms with Gasteiger partial charge < -0.3 is 20.4 Å². The van der Waals surface area contributed by atoms with E-state index in [1.807, 2.05) is 0 Å². The van der Waals surface area contributed by atoms with Gasteiger partial charge in [-0.3, -0.25) is 14.9 Å². The number of nitro benzene ring substituents is 1. The average molecular weight is 380 g/mol. The summed E-state index contributed by atoms with van der Waals surface area (Å²) in [7, 11) is 0. The summed E-state index contributed by atoms with van der Waals surface area (Å²) in [6.07, 6.45) is 1.52. The molecule has 0 unspecified atom stereocenters. The van der Waals surface area contributed by atoms with Crippen LogP contribution in [-0.2, 0) is 6.54 Å². The molecule has 9 heteroatoms. The topological polar surface area (TPSA) is 127 Å². The molecule has 0 aliphatic rings. The minimum atomic E-state index is -0.608. The Morgan fingerprint density at radius 3 is 2.25 bits per heavy atom. The quantitative estimate of drug-likeness (QED) is 0.443. The first-order valence-corrected chi connectivity index (χ1v) is 8.25. The molecule has 28 heavy (non-hydrogen) atoms. The molecule has 0 aliphatic heterocycles. The van der Waals surface area contributed by atoms with Crippen LogP contribution >= 0.6 is 0 Å². The van der Waals surface area contributed by atoms with Crippen molar-refractivity contribution in [1.29, 1.82) is 0 Å². The van der Waals surface area contributed by atoms with Gasteiger partial charge in [-0.1, -0.05) is 12.1 Å². The number of carbonyl (C=O) groups is 2. The lowest BCUT2D eigenvalue weighted by atomic mass is 10.1. The molecule has 0 fully saturated rings. The zero-order valence-electron chi connectivity index (χ0n) is 14.5. The molecule has 0 radical (unpaired) electrons. The smallest absolute Gasteiger partial charge is 0.319 e. The van der Waals surface area contributed by atoms with Gasteiger partial charge in [-0.15, -0.1) is 0 Å². The SMILES string of the molecule is O=C(NCc1ccco1)Nc1ccc(NC(=O)c2ccccc2[N+](=O)[O-])cc1. The first kappa shape index (κ1) is 18.6. The zero-order chi connectivity index (χ0) is 19.9. The summed E-state index contributed by atoms with van der Waals surface area (Å²) < 4.78 is 5.12. The minimum absolute atomic E-state index is 0.0352.